The molecular formula is C14H17BrClN7O2. The van der Waals surface area contributed by atoms with Crippen LogP contribution in [-0.2, 0) is 14.1 Å². The summed E-state index contributed by atoms with van der Waals surface area (Å²) < 4.78 is 2.47. The van der Waals surface area contributed by atoms with E-state index in [2.05, 4.69) is 41.9 Å². The molecule has 11 heteroatoms. The highest BCUT2D eigenvalue weighted by molar-refractivity contribution is 9.09. The van der Waals surface area contributed by atoms with Crippen LogP contribution in [0.1, 0.15) is 47.7 Å². The first-order valence-corrected chi connectivity index (χ1v) is 9.12. The summed E-state index contributed by atoms with van der Waals surface area (Å²) in [6, 6.07) is 0. The number of aryl methyl sites for hydroxylation is 2. The Balaban J connectivity index is 1.96. The van der Waals surface area contributed by atoms with Crippen molar-refractivity contribution < 1.29 is 4.79 Å². The van der Waals surface area contributed by atoms with Crippen molar-refractivity contribution in [1.82, 2.24) is 30.0 Å². The van der Waals surface area contributed by atoms with E-state index in [0.29, 0.717) is 10.4 Å². The second-order valence-corrected chi connectivity index (χ2v) is 7.71. The average Bonchev–Trinajstić information content (AvgIpc) is 2.97. The Morgan fingerprint density at radius 1 is 1.24 bits per heavy atom. The van der Waals surface area contributed by atoms with Crippen LogP contribution in [0.3, 0.4) is 0 Å². The molecule has 1 fully saturated rings. The van der Waals surface area contributed by atoms with Gasteiger partial charge in [0, 0.05) is 24.5 Å². The van der Waals surface area contributed by atoms with Gasteiger partial charge in [0.1, 0.15) is 0 Å². The van der Waals surface area contributed by atoms with Gasteiger partial charge in [-0.1, -0.05) is 32.6 Å². The number of hydrogen-bond donors (Lipinski definition) is 1. The number of carbonyl (C=O) groups excluding carboxylic acids is 1. The number of carbonyl (C=O) groups is 1. The number of tetrazole rings is 1. The van der Waals surface area contributed by atoms with Crippen LogP contribution in [0.4, 0.5) is 5.95 Å². The van der Waals surface area contributed by atoms with E-state index < -0.39 is 5.91 Å². The third-order valence-electron chi connectivity index (χ3n) is 4.34. The number of anilines is 1. The van der Waals surface area contributed by atoms with E-state index in [0.717, 1.165) is 30.4 Å². The molecule has 1 aliphatic rings. The predicted molar refractivity (Wildman–Crippen MR) is 95.2 cm³/mol. The van der Waals surface area contributed by atoms with Gasteiger partial charge in [-0.3, -0.25) is 14.9 Å². The standard InChI is InChI=1S/C14H17BrClN7O2/c1-22-13(25)9(7-3-5-8(15)6-4-7)10(16)11(19-22)12(24)17-14-18-20-21-23(14)2/h7-8H,3-6H2,1-2H3,(H,17,18,21,24). The molecule has 0 bridgehead atoms. The number of aromatic nitrogens is 6. The summed E-state index contributed by atoms with van der Waals surface area (Å²) in [5, 5.41) is 17.5. The molecule has 1 amide bonds. The topological polar surface area (TPSA) is 108 Å². The van der Waals surface area contributed by atoms with Gasteiger partial charge in [0.05, 0.1) is 5.02 Å². The van der Waals surface area contributed by atoms with E-state index in [1.165, 1.54) is 11.7 Å². The van der Waals surface area contributed by atoms with Crippen LogP contribution in [0.25, 0.3) is 0 Å². The highest BCUT2D eigenvalue weighted by Crippen LogP contribution is 2.37. The first-order valence-electron chi connectivity index (χ1n) is 7.83. The van der Waals surface area contributed by atoms with Gasteiger partial charge in [0.15, 0.2) is 5.69 Å². The highest BCUT2D eigenvalue weighted by atomic mass is 79.9. The maximum atomic E-state index is 12.6. The molecule has 0 spiro atoms. The van der Waals surface area contributed by atoms with Crippen molar-refractivity contribution in [2.75, 3.05) is 5.32 Å². The fourth-order valence-corrected chi connectivity index (χ4v) is 3.86. The maximum absolute atomic E-state index is 12.6. The second kappa shape index (κ2) is 7.20. The van der Waals surface area contributed by atoms with Crippen molar-refractivity contribution in [2.24, 2.45) is 14.1 Å². The summed E-state index contributed by atoms with van der Waals surface area (Å²) >= 11 is 10.0. The lowest BCUT2D eigenvalue weighted by atomic mass is 9.84. The van der Waals surface area contributed by atoms with Gasteiger partial charge in [0.2, 0.25) is 5.95 Å². The quantitative estimate of drug-likeness (QED) is 0.742. The molecule has 0 aliphatic heterocycles. The van der Waals surface area contributed by atoms with Gasteiger partial charge in [-0.15, -0.1) is 0 Å². The van der Waals surface area contributed by atoms with Crippen LogP contribution in [0, 0.1) is 0 Å². The maximum Gasteiger partial charge on any atom is 0.280 e. The van der Waals surface area contributed by atoms with Crippen LogP contribution >= 0.6 is 27.5 Å². The Kier molecular flexibility index (Phi) is 5.19. The second-order valence-electron chi connectivity index (χ2n) is 6.03. The van der Waals surface area contributed by atoms with Gasteiger partial charge in [-0.05, 0) is 42.0 Å². The number of amides is 1. The summed E-state index contributed by atoms with van der Waals surface area (Å²) in [6.07, 6.45) is 3.59. The molecule has 1 aliphatic carbocycles. The summed E-state index contributed by atoms with van der Waals surface area (Å²) in [5.41, 5.74) is 0.183. The van der Waals surface area contributed by atoms with Gasteiger partial charge in [-0.25, -0.2) is 9.36 Å². The Morgan fingerprint density at radius 3 is 2.52 bits per heavy atom. The van der Waals surface area contributed by atoms with Crippen LogP contribution < -0.4 is 10.9 Å². The molecule has 0 unspecified atom stereocenters. The van der Waals surface area contributed by atoms with E-state index in [9.17, 15) is 9.59 Å². The van der Waals surface area contributed by atoms with E-state index >= 15 is 0 Å². The zero-order valence-electron chi connectivity index (χ0n) is 13.7. The SMILES string of the molecule is Cn1nnnc1NC(=O)c1nn(C)c(=O)c(C2CCC(Br)CC2)c1Cl. The van der Waals surface area contributed by atoms with Crippen LogP contribution in [-0.4, -0.2) is 40.7 Å². The molecule has 2 aromatic rings. The normalized spacial score (nSPS) is 20.5. The molecule has 2 heterocycles. The Labute approximate surface area is 156 Å². The third kappa shape index (κ3) is 3.59. The average molecular weight is 431 g/mol. The molecule has 1 saturated carbocycles. The zero-order chi connectivity index (χ0) is 18.1. The fourth-order valence-electron chi connectivity index (χ4n) is 2.97. The number of nitrogens with zero attached hydrogens (tertiary/aromatic N) is 6. The molecule has 9 nitrogen and oxygen atoms in total. The molecule has 0 atom stereocenters. The van der Waals surface area contributed by atoms with Gasteiger partial charge in [0.25, 0.3) is 11.5 Å². The Morgan fingerprint density at radius 2 is 1.92 bits per heavy atom. The largest absolute Gasteiger partial charge is 0.288 e. The molecule has 134 valence electrons. The van der Waals surface area contributed by atoms with Crippen molar-refractivity contribution in [2.45, 2.75) is 36.4 Å². The van der Waals surface area contributed by atoms with Crippen LogP contribution in [0.5, 0.6) is 0 Å². The number of rotatable bonds is 3. The predicted octanol–water partition coefficient (Wildman–Crippen LogP) is 1.63. The number of alkyl halides is 1. The summed E-state index contributed by atoms with van der Waals surface area (Å²) in [4.78, 5) is 25.6. The Bertz CT molecular complexity index is 857. The van der Waals surface area contributed by atoms with Gasteiger partial charge < -0.3 is 0 Å². The number of halogens is 2. The third-order valence-corrected chi connectivity index (χ3v) is 5.64. The molecule has 2 aromatic heterocycles. The van der Waals surface area contributed by atoms with Gasteiger partial charge in [-0.2, -0.15) is 5.10 Å². The van der Waals surface area contributed by atoms with E-state index in [4.69, 9.17) is 11.6 Å². The lowest BCUT2D eigenvalue weighted by molar-refractivity contribution is 0.101. The summed E-state index contributed by atoms with van der Waals surface area (Å²) in [7, 11) is 3.11. The monoisotopic (exact) mass is 429 g/mol. The minimum Gasteiger partial charge on any atom is -0.288 e. The number of nitrogens with one attached hydrogen (secondary N) is 1. The highest BCUT2D eigenvalue weighted by Gasteiger charge is 2.29. The van der Waals surface area contributed by atoms with E-state index in [1.807, 2.05) is 0 Å². The molecule has 25 heavy (non-hydrogen) atoms. The summed E-state index contributed by atoms with van der Waals surface area (Å²) in [6.45, 7) is 0. The van der Waals surface area contributed by atoms with Gasteiger partial charge >= 0.3 is 0 Å². The minimum atomic E-state index is -0.561. The zero-order valence-corrected chi connectivity index (χ0v) is 16.1. The Hall–Kier alpha value is -1.81. The van der Waals surface area contributed by atoms with Crippen molar-refractivity contribution in [3.8, 4) is 0 Å². The van der Waals surface area contributed by atoms with Crippen molar-refractivity contribution in [3.05, 3.63) is 26.6 Å². The lowest BCUT2D eigenvalue weighted by Gasteiger charge is -2.26. The van der Waals surface area contributed by atoms with E-state index in [1.54, 1.807) is 7.05 Å². The molecule has 3 rings (SSSR count). The molecule has 0 saturated heterocycles. The van der Waals surface area contributed by atoms with E-state index in [-0.39, 0.29) is 28.1 Å². The van der Waals surface area contributed by atoms with Crippen LogP contribution in [0.2, 0.25) is 5.02 Å². The lowest BCUT2D eigenvalue weighted by Crippen LogP contribution is -2.31. The van der Waals surface area contributed by atoms with Crippen molar-refractivity contribution >= 4 is 39.4 Å². The van der Waals surface area contributed by atoms with Crippen LogP contribution in [0.15, 0.2) is 4.79 Å². The molecule has 1 N–H and O–H groups in total. The minimum absolute atomic E-state index is 0.0114. The smallest absolute Gasteiger partial charge is 0.280 e. The molecule has 0 radical (unpaired) electrons. The summed E-state index contributed by atoms with van der Waals surface area (Å²) in [5.74, 6) is -0.377. The van der Waals surface area contributed by atoms with Crippen molar-refractivity contribution in [3.63, 3.8) is 0 Å². The van der Waals surface area contributed by atoms with Crippen molar-refractivity contribution in [1.29, 1.82) is 0 Å². The molecule has 0 aromatic carbocycles. The first-order chi connectivity index (χ1) is 11.9. The molecular weight excluding hydrogens is 414 g/mol. The number of hydrogen-bond acceptors (Lipinski definition) is 6. The fraction of sp³-hybridized carbons (Fsp3) is 0.571. The first kappa shape index (κ1) is 18.0.